The highest BCUT2D eigenvalue weighted by molar-refractivity contribution is 5.28. The molecule has 3 nitrogen and oxygen atoms in total. The first-order valence-corrected chi connectivity index (χ1v) is 7.27. The molecule has 0 spiro atoms. The maximum absolute atomic E-state index is 6.45. The molecule has 1 unspecified atom stereocenters. The molecule has 3 N–H and O–H groups in total. The molecule has 1 saturated heterocycles. The standard InChI is InChI=1S/C16H27N3/c1-13-6-4-5-7-14(13)15(17)12-16(2,3)19-10-8-18-9-11-19/h4-7,15,18H,8-12,17H2,1-3H3. The molecule has 0 bridgehead atoms. The van der Waals surface area contributed by atoms with E-state index in [0.717, 1.165) is 32.6 Å². The first-order chi connectivity index (χ1) is 9.00. The van der Waals surface area contributed by atoms with Gasteiger partial charge in [-0.15, -0.1) is 0 Å². The van der Waals surface area contributed by atoms with E-state index in [9.17, 15) is 0 Å². The van der Waals surface area contributed by atoms with Gasteiger partial charge in [0.05, 0.1) is 0 Å². The van der Waals surface area contributed by atoms with Crippen molar-refractivity contribution in [1.29, 1.82) is 0 Å². The van der Waals surface area contributed by atoms with Crippen LogP contribution in [-0.2, 0) is 0 Å². The Morgan fingerprint density at radius 3 is 2.53 bits per heavy atom. The molecule has 0 amide bonds. The van der Waals surface area contributed by atoms with E-state index in [-0.39, 0.29) is 11.6 Å². The Hall–Kier alpha value is -0.900. The van der Waals surface area contributed by atoms with Crippen LogP contribution in [0.5, 0.6) is 0 Å². The lowest BCUT2D eigenvalue weighted by Gasteiger charge is -2.42. The van der Waals surface area contributed by atoms with Gasteiger partial charge in [-0.05, 0) is 38.3 Å². The van der Waals surface area contributed by atoms with Gasteiger partial charge in [0.25, 0.3) is 0 Å². The number of hydrogen-bond acceptors (Lipinski definition) is 3. The number of nitrogens with two attached hydrogens (primary N) is 1. The molecule has 1 aliphatic rings. The van der Waals surface area contributed by atoms with Gasteiger partial charge in [0, 0.05) is 37.8 Å². The second kappa shape index (κ2) is 6.04. The van der Waals surface area contributed by atoms with Gasteiger partial charge in [0.15, 0.2) is 0 Å². The summed E-state index contributed by atoms with van der Waals surface area (Å²) < 4.78 is 0. The summed E-state index contributed by atoms with van der Waals surface area (Å²) in [6.07, 6.45) is 0.998. The number of nitrogens with one attached hydrogen (secondary N) is 1. The third kappa shape index (κ3) is 3.56. The normalized spacial score (nSPS) is 19.4. The van der Waals surface area contributed by atoms with Crippen molar-refractivity contribution in [3.05, 3.63) is 35.4 Å². The van der Waals surface area contributed by atoms with E-state index in [4.69, 9.17) is 5.73 Å². The van der Waals surface area contributed by atoms with Gasteiger partial charge in [0.1, 0.15) is 0 Å². The van der Waals surface area contributed by atoms with Crippen LogP contribution in [0.25, 0.3) is 0 Å². The Morgan fingerprint density at radius 1 is 1.26 bits per heavy atom. The van der Waals surface area contributed by atoms with Crippen LogP contribution in [0.4, 0.5) is 0 Å². The van der Waals surface area contributed by atoms with Crippen molar-refractivity contribution in [3.8, 4) is 0 Å². The molecule has 1 aliphatic heterocycles. The third-order valence-corrected chi connectivity index (χ3v) is 4.28. The van der Waals surface area contributed by atoms with Crippen LogP contribution in [0.1, 0.15) is 37.4 Å². The van der Waals surface area contributed by atoms with E-state index >= 15 is 0 Å². The molecule has 19 heavy (non-hydrogen) atoms. The molecule has 3 heteroatoms. The maximum Gasteiger partial charge on any atom is 0.0315 e. The van der Waals surface area contributed by atoms with Crippen molar-refractivity contribution < 1.29 is 0 Å². The average molecular weight is 261 g/mol. The van der Waals surface area contributed by atoms with E-state index in [1.807, 2.05) is 0 Å². The van der Waals surface area contributed by atoms with Crippen molar-refractivity contribution in [2.75, 3.05) is 26.2 Å². The Bertz CT molecular complexity index is 408. The van der Waals surface area contributed by atoms with Gasteiger partial charge in [-0.2, -0.15) is 0 Å². The lowest BCUT2D eigenvalue weighted by Crippen LogP contribution is -2.54. The third-order valence-electron chi connectivity index (χ3n) is 4.28. The Balaban J connectivity index is 2.04. The SMILES string of the molecule is Cc1ccccc1C(N)CC(C)(C)N1CCNCC1. The molecule has 1 atom stereocenters. The van der Waals surface area contributed by atoms with Gasteiger partial charge < -0.3 is 11.1 Å². The summed E-state index contributed by atoms with van der Waals surface area (Å²) in [7, 11) is 0. The second-order valence-electron chi connectivity index (χ2n) is 6.22. The van der Waals surface area contributed by atoms with Crippen LogP contribution in [0.3, 0.4) is 0 Å². The number of piperazine rings is 1. The molecule has 0 aromatic heterocycles. The van der Waals surface area contributed by atoms with Crippen molar-refractivity contribution >= 4 is 0 Å². The van der Waals surface area contributed by atoms with Gasteiger partial charge >= 0.3 is 0 Å². The maximum atomic E-state index is 6.45. The largest absolute Gasteiger partial charge is 0.324 e. The van der Waals surface area contributed by atoms with Crippen LogP contribution >= 0.6 is 0 Å². The Kier molecular flexibility index (Phi) is 4.61. The molecule has 1 fully saturated rings. The minimum atomic E-state index is 0.117. The molecular formula is C16H27N3. The zero-order chi connectivity index (χ0) is 13.9. The number of nitrogens with zero attached hydrogens (tertiary/aromatic N) is 1. The molecule has 106 valence electrons. The lowest BCUT2D eigenvalue weighted by molar-refractivity contribution is 0.0893. The molecule has 2 rings (SSSR count). The summed E-state index contributed by atoms with van der Waals surface area (Å²) in [5, 5.41) is 3.41. The van der Waals surface area contributed by atoms with Crippen molar-refractivity contribution in [1.82, 2.24) is 10.2 Å². The summed E-state index contributed by atoms with van der Waals surface area (Å²) in [5.41, 5.74) is 9.18. The lowest BCUT2D eigenvalue weighted by atomic mass is 9.88. The van der Waals surface area contributed by atoms with E-state index in [1.54, 1.807) is 0 Å². The monoisotopic (exact) mass is 261 g/mol. The highest BCUT2D eigenvalue weighted by atomic mass is 15.2. The minimum Gasteiger partial charge on any atom is -0.324 e. The summed E-state index contributed by atoms with van der Waals surface area (Å²) in [6.45, 7) is 11.2. The van der Waals surface area contributed by atoms with Crippen molar-refractivity contribution in [2.24, 2.45) is 5.73 Å². The van der Waals surface area contributed by atoms with Crippen LogP contribution < -0.4 is 11.1 Å². The smallest absolute Gasteiger partial charge is 0.0315 e. The number of hydrogen-bond donors (Lipinski definition) is 2. The molecule has 1 heterocycles. The summed E-state index contributed by atoms with van der Waals surface area (Å²) in [5.74, 6) is 0. The molecule has 1 aromatic rings. The molecule has 0 saturated carbocycles. The van der Waals surface area contributed by atoms with Crippen molar-refractivity contribution in [3.63, 3.8) is 0 Å². The van der Waals surface area contributed by atoms with E-state index in [1.165, 1.54) is 11.1 Å². The molecule has 1 aromatic carbocycles. The van der Waals surface area contributed by atoms with Crippen LogP contribution in [0.15, 0.2) is 24.3 Å². The van der Waals surface area contributed by atoms with Gasteiger partial charge in [0.2, 0.25) is 0 Å². The van der Waals surface area contributed by atoms with E-state index < -0.39 is 0 Å². The highest BCUT2D eigenvalue weighted by Gasteiger charge is 2.30. The zero-order valence-electron chi connectivity index (χ0n) is 12.4. The first kappa shape index (κ1) is 14.5. The number of rotatable bonds is 4. The fraction of sp³-hybridized carbons (Fsp3) is 0.625. The fourth-order valence-electron chi connectivity index (χ4n) is 3.05. The number of aryl methyl sites for hydroxylation is 1. The molecular weight excluding hydrogens is 234 g/mol. The van der Waals surface area contributed by atoms with Crippen LogP contribution in [0, 0.1) is 6.92 Å². The molecule has 0 aliphatic carbocycles. The van der Waals surface area contributed by atoms with Crippen molar-refractivity contribution in [2.45, 2.75) is 38.8 Å². The fourth-order valence-corrected chi connectivity index (χ4v) is 3.05. The quantitative estimate of drug-likeness (QED) is 0.872. The predicted molar refractivity (Wildman–Crippen MR) is 81.2 cm³/mol. The van der Waals surface area contributed by atoms with Crippen LogP contribution in [-0.4, -0.2) is 36.6 Å². The Morgan fingerprint density at radius 2 is 1.89 bits per heavy atom. The predicted octanol–water partition coefficient (Wildman–Crippen LogP) is 2.07. The van der Waals surface area contributed by atoms with Gasteiger partial charge in [-0.25, -0.2) is 0 Å². The number of benzene rings is 1. The summed E-state index contributed by atoms with van der Waals surface area (Å²) in [4.78, 5) is 2.56. The minimum absolute atomic E-state index is 0.117. The molecule has 0 radical (unpaired) electrons. The van der Waals surface area contributed by atoms with Gasteiger partial charge in [-0.3, -0.25) is 4.90 Å². The Labute approximate surface area is 117 Å². The van der Waals surface area contributed by atoms with E-state index in [0.29, 0.717) is 0 Å². The van der Waals surface area contributed by atoms with Crippen LogP contribution in [0.2, 0.25) is 0 Å². The van der Waals surface area contributed by atoms with Gasteiger partial charge in [-0.1, -0.05) is 24.3 Å². The average Bonchev–Trinajstić information content (AvgIpc) is 2.39. The summed E-state index contributed by atoms with van der Waals surface area (Å²) in [6, 6.07) is 8.58. The van der Waals surface area contributed by atoms with E-state index in [2.05, 4.69) is 55.3 Å². The second-order valence-corrected chi connectivity index (χ2v) is 6.22. The topological polar surface area (TPSA) is 41.3 Å². The first-order valence-electron chi connectivity index (χ1n) is 7.27. The summed E-state index contributed by atoms with van der Waals surface area (Å²) >= 11 is 0. The highest BCUT2D eigenvalue weighted by Crippen LogP contribution is 2.28. The zero-order valence-corrected chi connectivity index (χ0v) is 12.4.